The standard InChI is InChI=1S/C8H9Cl2N3O2S/c9-8-6(5-16(10,14)15)12-13-3-1-2-11-4-7(8)13/h2H,1,3-5H2. The van der Waals surface area contributed by atoms with E-state index in [1.54, 1.807) is 4.68 Å². The van der Waals surface area contributed by atoms with E-state index in [0.29, 0.717) is 23.8 Å². The molecule has 5 nitrogen and oxygen atoms in total. The molecule has 1 aliphatic heterocycles. The molecule has 0 aromatic carbocycles. The topological polar surface area (TPSA) is 64.3 Å². The Balaban J connectivity index is 2.39. The van der Waals surface area contributed by atoms with Crippen molar-refractivity contribution in [1.29, 1.82) is 0 Å². The summed E-state index contributed by atoms with van der Waals surface area (Å²) in [5.74, 6) is -0.350. The molecule has 1 aromatic heterocycles. The molecule has 88 valence electrons. The van der Waals surface area contributed by atoms with Crippen LogP contribution in [0.5, 0.6) is 0 Å². The molecule has 0 amide bonds. The van der Waals surface area contributed by atoms with Gasteiger partial charge in [-0.1, -0.05) is 11.6 Å². The van der Waals surface area contributed by atoms with Gasteiger partial charge in [0.25, 0.3) is 0 Å². The van der Waals surface area contributed by atoms with Gasteiger partial charge in [0.15, 0.2) is 0 Å². The second-order valence-electron chi connectivity index (χ2n) is 3.43. The first-order valence-electron chi connectivity index (χ1n) is 4.62. The lowest BCUT2D eigenvalue weighted by molar-refractivity contribution is 0.599. The van der Waals surface area contributed by atoms with Gasteiger partial charge in [-0.15, -0.1) is 0 Å². The van der Waals surface area contributed by atoms with E-state index in [4.69, 9.17) is 22.3 Å². The number of aromatic nitrogens is 2. The number of rotatable bonds is 2. The van der Waals surface area contributed by atoms with E-state index in [-0.39, 0.29) is 5.75 Å². The maximum atomic E-state index is 11.0. The first kappa shape index (κ1) is 11.9. The Kier molecular flexibility index (Phi) is 3.23. The van der Waals surface area contributed by atoms with E-state index in [1.807, 2.05) is 6.21 Å². The minimum Gasteiger partial charge on any atom is -0.291 e. The normalized spacial score (nSPS) is 15.9. The van der Waals surface area contributed by atoms with Crippen molar-refractivity contribution in [2.45, 2.75) is 25.3 Å². The van der Waals surface area contributed by atoms with E-state index in [2.05, 4.69) is 10.1 Å². The lowest BCUT2D eigenvalue weighted by Gasteiger charge is -1.99. The maximum Gasteiger partial charge on any atom is 0.238 e. The Morgan fingerprint density at radius 1 is 1.50 bits per heavy atom. The van der Waals surface area contributed by atoms with Crippen LogP contribution in [0.4, 0.5) is 0 Å². The highest BCUT2D eigenvalue weighted by molar-refractivity contribution is 8.13. The Morgan fingerprint density at radius 3 is 2.94 bits per heavy atom. The summed E-state index contributed by atoms with van der Waals surface area (Å²) >= 11 is 6.04. The number of hydrogen-bond donors (Lipinski definition) is 0. The van der Waals surface area contributed by atoms with Crippen LogP contribution in [0.3, 0.4) is 0 Å². The van der Waals surface area contributed by atoms with Gasteiger partial charge < -0.3 is 0 Å². The fourth-order valence-corrected chi connectivity index (χ4v) is 2.72. The molecule has 0 unspecified atom stereocenters. The minimum absolute atomic E-state index is 0.295. The first-order chi connectivity index (χ1) is 7.47. The molecule has 0 aliphatic carbocycles. The summed E-state index contributed by atoms with van der Waals surface area (Å²) in [6.07, 6.45) is 2.57. The van der Waals surface area contributed by atoms with E-state index in [0.717, 1.165) is 12.1 Å². The smallest absolute Gasteiger partial charge is 0.238 e. The number of nitrogens with zero attached hydrogens (tertiary/aromatic N) is 3. The highest BCUT2D eigenvalue weighted by atomic mass is 35.7. The lowest BCUT2D eigenvalue weighted by Crippen LogP contribution is -2.03. The number of aliphatic imine (C=N–C) groups is 1. The third kappa shape index (κ3) is 2.56. The molecule has 0 bridgehead atoms. The highest BCUT2D eigenvalue weighted by Gasteiger charge is 2.20. The molecule has 16 heavy (non-hydrogen) atoms. The van der Waals surface area contributed by atoms with Crippen molar-refractivity contribution in [2.24, 2.45) is 4.99 Å². The summed E-state index contributed by atoms with van der Waals surface area (Å²) in [5, 5.41) is 4.49. The molecular formula is C8H9Cl2N3O2S. The average Bonchev–Trinajstić information content (AvgIpc) is 2.39. The van der Waals surface area contributed by atoms with Gasteiger partial charge in [0, 0.05) is 29.9 Å². The van der Waals surface area contributed by atoms with Gasteiger partial charge in [-0.05, 0) is 0 Å². The Hall–Kier alpha value is -0.590. The van der Waals surface area contributed by atoms with Crippen LogP contribution in [0.1, 0.15) is 17.8 Å². The summed E-state index contributed by atoms with van der Waals surface area (Å²) < 4.78 is 23.6. The molecule has 0 fully saturated rings. The van der Waals surface area contributed by atoms with E-state index < -0.39 is 9.05 Å². The van der Waals surface area contributed by atoms with Gasteiger partial charge in [0.2, 0.25) is 9.05 Å². The summed E-state index contributed by atoms with van der Waals surface area (Å²) in [4.78, 5) is 4.13. The molecule has 0 saturated carbocycles. The fraction of sp³-hybridized carbons (Fsp3) is 0.500. The third-order valence-electron chi connectivity index (χ3n) is 2.21. The maximum absolute atomic E-state index is 11.0. The van der Waals surface area contributed by atoms with E-state index >= 15 is 0 Å². The summed E-state index contributed by atoms with van der Waals surface area (Å²) in [6, 6.07) is 0. The van der Waals surface area contributed by atoms with Crippen molar-refractivity contribution < 1.29 is 8.42 Å². The molecule has 8 heteroatoms. The molecule has 0 atom stereocenters. The Bertz CT molecular complexity index is 536. The zero-order valence-electron chi connectivity index (χ0n) is 8.23. The zero-order valence-corrected chi connectivity index (χ0v) is 10.6. The first-order valence-corrected chi connectivity index (χ1v) is 7.47. The zero-order chi connectivity index (χ0) is 11.8. The predicted molar refractivity (Wildman–Crippen MR) is 62.5 cm³/mol. The van der Waals surface area contributed by atoms with Crippen LogP contribution in [0.25, 0.3) is 0 Å². The van der Waals surface area contributed by atoms with Crippen molar-refractivity contribution in [3.63, 3.8) is 0 Å². The number of fused-ring (bicyclic) bond motifs is 1. The van der Waals surface area contributed by atoms with Crippen molar-refractivity contribution in [2.75, 3.05) is 0 Å². The monoisotopic (exact) mass is 281 g/mol. The highest BCUT2D eigenvalue weighted by Crippen LogP contribution is 2.25. The van der Waals surface area contributed by atoms with Crippen LogP contribution in [-0.4, -0.2) is 24.4 Å². The molecule has 0 N–H and O–H groups in total. The fourth-order valence-electron chi connectivity index (χ4n) is 1.54. The van der Waals surface area contributed by atoms with Gasteiger partial charge in [-0.25, -0.2) is 8.42 Å². The SMILES string of the molecule is O=S(=O)(Cl)Cc1nn2c(c1Cl)CN=CCC2. The van der Waals surface area contributed by atoms with Gasteiger partial charge in [-0.2, -0.15) is 5.10 Å². The predicted octanol–water partition coefficient (Wildman–Crippen LogP) is 1.58. The largest absolute Gasteiger partial charge is 0.291 e. The van der Waals surface area contributed by atoms with Crippen molar-refractivity contribution in [3.05, 3.63) is 16.4 Å². The van der Waals surface area contributed by atoms with Crippen LogP contribution in [-0.2, 0) is 27.9 Å². The van der Waals surface area contributed by atoms with Gasteiger partial charge in [0.05, 0.1) is 23.0 Å². The van der Waals surface area contributed by atoms with Crippen molar-refractivity contribution in [3.8, 4) is 0 Å². The summed E-state index contributed by atoms with van der Waals surface area (Å²) in [7, 11) is 1.54. The molecule has 2 heterocycles. The number of hydrogen-bond acceptors (Lipinski definition) is 4. The van der Waals surface area contributed by atoms with Crippen LogP contribution in [0.2, 0.25) is 5.02 Å². The van der Waals surface area contributed by atoms with Crippen molar-refractivity contribution >= 4 is 37.5 Å². The number of halogens is 2. The number of aryl methyl sites for hydroxylation is 1. The quantitative estimate of drug-likeness (QED) is 0.773. The van der Waals surface area contributed by atoms with E-state index in [1.165, 1.54) is 0 Å². The molecular weight excluding hydrogens is 273 g/mol. The van der Waals surface area contributed by atoms with Crippen LogP contribution in [0, 0.1) is 0 Å². The molecule has 1 aromatic rings. The minimum atomic E-state index is -3.63. The van der Waals surface area contributed by atoms with Gasteiger partial charge in [0.1, 0.15) is 5.75 Å². The summed E-state index contributed by atoms with van der Waals surface area (Å²) in [5.41, 5.74) is 1.04. The molecule has 1 aliphatic rings. The average molecular weight is 282 g/mol. The molecule has 2 rings (SSSR count). The second-order valence-corrected chi connectivity index (χ2v) is 6.58. The van der Waals surface area contributed by atoms with E-state index in [9.17, 15) is 8.42 Å². The molecule has 0 saturated heterocycles. The van der Waals surface area contributed by atoms with Gasteiger partial charge in [-0.3, -0.25) is 9.67 Å². The lowest BCUT2D eigenvalue weighted by atomic mass is 10.3. The van der Waals surface area contributed by atoms with Crippen LogP contribution in [0.15, 0.2) is 4.99 Å². The third-order valence-corrected chi connectivity index (χ3v) is 3.59. The summed E-state index contributed by atoms with van der Waals surface area (Å²) in [6.45, 7) is 1.08. The second kappa shape index (κ2) is 4.35. The Morgan fingerprint density at radius 2 is 2.25 bits per heavy atom. The van der Waals surface area contributed by atoms with Gasteiger partial charge >= 0.3 is 0 Å². The van der Waals surface area contributed by atoms with Crippen molar-refractivity contribution in [1.82, 2.24) is 9.78 Å². The van der Waals surface area contributed by atoms with Crippen LogP contribution < -0.4 is 0 Å². The molecule has 0 radical (unpaired) electrons. The Labute approximate surface area is 102 Å². The van der Waals surface area contributed by atoms with Crippen LogP contribution >= 0.6 is 22.3 Å². The molecule has 0 spiro atoms.